The number of halogens is 2. The van der Waals surface area contributed by atoms with Crippen molar-refractivity contribution in [3.8, 4) is 0 Å². The molecule has 19 heavy (non-hydrogen) atoms. The molecule has 3 rings (SSSR count). The molecule has 3 nitrogen and oxygen atoms in total. The average molecular weight is 360 g/mol. The number of benzene rings is 1. The van der Waals surface area contributed by atoms with E-state index in [9.17, 15) is 4.39 Å². The molecule has 0 radical (unpaired) electrons. The van der Waals surface area contributed by atoms with Gasteiger partial charge in [0.05, 0.1) is 0 Å². The molecule has 1 aromatic carbocycles. The lowest BCUT2D eigenvalue weighted by atomic mass is 10.3. The summed E-state index contributed by atoms with van der Waals surface area (Å²) >= 11 is 6.34. The molecule has 0 amide bonds. The number of thioether (sulfide) groups is 1. The maximum absolute atomic E-state index is 13.8. The molecule has 1 unspecified atom stereocenters. The third-order valence-electron chi connectivity index (χ3n) is 2.91. The Hall–Kier alpha value is -0.660. The predicted molar refractivity (Wildman–Crippen MR) is 79.4 cm³/mol. The molecule has 0 N–H and O–H groups in total. The molecule has 2 aromatic rings. The van der Waals surface area contributed by atoms with Crippen molar-refractivity contribution in [3.05, 3.63) is 33.3 Å². The van der Waals surface area contributed by atoms with Gasteiger partial charge in [0.1, 0.15) is 11.5 Å². The second kappa shape index (κ2) is 5.38. The van der Waals surface area contributed by atoms with Gasteiger partial charge in [-0.1, -0.05) is 34.6 Å². The van der Waals surface area contributed by atoms with Crippen molar-refractivity contribution < 1.29 is 4.39 Å². The number of aromatic nitrogens is 2. The highest BCUT2D eigenvalue weighted by atomic mass is 79.9. The first kappa shape index (κ1) is 13.3. The van der Waals surface area contributed by atoms with E-state index in [1.807, 2.05) is 0 Å². The van der Waals surface area contributed by atoms with E-state index < -0.39 is 0 Å². The lowest BCUT2D eigenvalue weighted by molar-refractivity contribution is 0.609. The Kier molecular flexibility index (Phi) is 3.77. The maximum atomic E-state index is 13.8. The highest BCUT2D eigenvalue weighted by Crippen LogP contribution is 2.31. The van der Waals surface area contributed by atoms with Crippen molar-refractivity contribution in [1.82, 2.24) is 8.94 Å². The fourth-order valence-corrected chi connectivity index (χ4v) is 4.17. The summed E-state index contributed by atoms with van der Waals surface area (Å²) in [7, 11) is 0. The van der Waals surface area contributed by atoms with Gasteiger partial charge in [-0.2, -0.15) is 4.37 Å². The molecular weight excluding hydrogens is 349 g/mol. The minimum absolute atomic E-state index is 0.324. The van der Waals surface area contributed by atoms with Crippen molar-refractivity contribution >= 4 is 44.9 Å². The van der Waals surface area contributed by atoms with Gasteiger partial charge in [-0.25, -0.2) is 9.38 Å². The zero-order valence-corrected chi connectivity index (χ0v) is 13.4. The second-order valence-corrected chi connectivity index (χ2v) is 7.13. The van der Waals surface area contributed by atoms with Crippen LogP contribution in [0.5, 0.6) is 0 Å². The van der Waals surface area contributed by atoms with Crippen molar-refractivity contribution in [2.45, 2.75) is 30.3 Å². The average Bonchev–Trinajstić information content (AvgIpc) is 2.93. The summed E-state index contributed by atoms with van der Waals surface area (Å²) in [6.07, 6.45) is 1.10. The Labute approximate surface area is 126 Å². The van der Waals surface area contributed by atoms with E-state index >= 15 is 0 Å². The quantitative estimate of drug-likeness (QED) is 0.812. The first-order valence-corrected chi connectivity index (χ1v) is 8.35. The van der Waals surface area contributed by atoms with Gasteiger partial charge < -0.3 is 0 Å². The Balaban J connectivity index is 2.02. The summed E-state index contributed by atoms with van der Waals surface area (Å²) in [5.41, 5.74) is 0.354. The summed E-state index contributed by atoms with van der Waals surface area (Å²) in [5, 5.41) is 1.55. The van der Waals surface area contributed by atoms with Gasteiger partial charge in [0.2, 0.25) is 4.80 Å². The third kappa shape index (κ3) is 2.64. The zero-order chi connectivity index (χ0) is 13.4. The van der Waals surface area contributed by atoms with Crippen molar-refractivity contribution in [2.24, 2.45) is 4.99 Å². The van der Waals surface area contributed by atoms with Crippen LogP contribution in [0.2, 0.25) is 0 Å². The molecular formula is C12H11BrFN3S2. The third-order valence-corrected chi connectivity index (χ3v) is 5.59. The Bertz CT molecular complexity index is 680. The van der Waals surface area contributed by atoms with Crippen LogP contribution in [-0.4, -0.2) is 14.2 Å². The zero-order valence-electron chi connectivity index (χ0n) is 10.1. The van der Waals surface area contributed by atoms with E-state index in [4.69, 9.17) is 0 Å². The highest BCUT2D eigenvalue weighted by Gasteiger charge is 2.23. The minimum atomic E-state index is -0.324. The molecule has 100 valence electrons. The van der Waals surface area contributed by atoms with Crippen LogP contribution >= 0.6 is 39.2 Å². The van der Waals surface area contributed by atoms with Crippen molar-refractivity contribution in [3.63, 3.8) is 0 Å². The van der Waals surface area contributed by atoms with Crippen LogP contribution in [0.4, 0.5) is 10.1 Å². The Morgan fingerprint density at radius 3 is 3.16 bits per heavy atom. The van der Waals surface area contributed by atoms with E-state index in [2.05, 4.69) is 36.8 Å². The summed E-state index contributed by atoms with van der Waals surface area (Å²) in [5.74, 6) is -0.324. The van der Waals surface area contributed by atoms with Gasteiger partial charge in [-0.05, 0) is 24.6 Å². The van der Waals surface area contributed by atoms with Crippen molar-refractivity contribution in [2.75, 3.05) is 0 Å². The molecule has 1 aliphatic rings. The standard InChI is InChI=1S/C12H11BrFN3S2/c1-2-8-6-17-11(19-16-12(17)18-8)15-10-4-3-7(13)5-9(10)14/h3-5,8H,2,6H2,1H3. The number of hydrogen-bond donors (Lipinski definition) is 0. The van der Waals surface area contributed by atoms with Crippen LogP contribution < -0.4 is 4.80 Å². The topological polar surface area (TPSA) is 30.2 Å². The molecule has 1 aliphatic heterocycles. The van der Waals surface area contributed by atoms with Gasteiger partial charge in [-0.3, -0.25) is 4.57 Å². The summed E-state index contributed by atoms with van der Waals surface area (Å²) in [6.45, 7) is 3.07. The van der Waals surface area contributed by atoms with Crippen LogP contribution in [0.25, 0.3) is 0 Å². The van der Waals surface area contributed by atoms with Gasteiger partial charge in [-0.15, -0.1) is 0 Å². The number of rotatable bonds is 2. The van der Waals surface area contributed by atoms with Crippen LogP contribution in [0.1, 0.15) is 13.3 Å². The molecule has 0 spiro atoms. The number of hydrogen-bond acceptors (Lipinski definition) is 4. The number of nitrogens with zero attached hydrogens (tertiary/aromatic N) is 3. The predicted octanol–water partition coefficient (Wildman–Crippen LogP) is 3.96. The van der Waals surface area contributed by atoms with Gasteiger partial charge >= 0.3 is 0 Å². The van der Waals surface area contributed by atoms with E-state index in [1.54, 1.807) is 23.9 Å². The van der Waals surface area contributed by atoms with Crippen LogP contribution in [0.15, 0.2) is 32.8 Å². The lowest BCUT2D eigenvalue weighted by Gasteiger charge is -2.01. The van der Waals surface area contributed by atoms with E-state index in [0.29, 0.717) is 15.4 Å². The highest BCUT2D eigenvalue weighted by molar-refractivity contribution is 9.10. The van der Waals surface area contributed by atoms with Gasteiger partial charge in [0.15, 0.2) is 5.16 Å². The first-order valence-electron chi connectivity index (χ1n) is 5.90. The molecule has 0 bridgehead atoms. The second-order valence-electron chi connectivity index (χ2n) is 4.21. The fraction of sp³-hybridized carbons (Fsp3) is 0.333. The molecule has 7 heteroatoms. The molecule has 2 heterocycles. The molecule has 1 atom stereocenters. The molecule has 0 aliphatic carbocycles. The smallest absolute Gasteiger partial charge is 0.210 e. The minimum Gasteiger partial charge on any atom is -0.294 e. The Morgan fingerprint density at radius 1 is 1.58 bits per heavy atom. The molecule has 0 fully saturated rings. The summed E-state index contributed by atoms with van der Waals surface area (Å²) in [6, 6.07) is 4.89. The lowest BCUT2D eigenvalue weighted by Crippen LogP contribution is -2.16. The maximum Gasteiger partial charge on any atom is 0.210 e. The van der Waals surface area contributed by atoms with E-state index in [0.717, 1.165) is 22.9 Å². The van der Waals surface area contributed by atoms with Crippen LogP contribution in [0, 0.1) is 5.82 Å². The first-order chi connectivity index (χ1) is 9.17. The molecule has 0 saturated heterocycles. The summed E-state index contributed by atoms with van der Waals surface area (Å²) < 4.78 is 21.0. The van der Waals surface area contributed by atoms with Gasteiger partial charge in [0.25, 0.3) is 0 Å². The SMILES string of the molecule is CCC1Cn2c(nsc2=Nc2ccc(Br)cc2F)S1. The van der Waals surface area contributed by atoms with Crippen LogP contribution in [-0.2, 0) is 6.54 Å². The van der Waals surface area contributed by atoms with Gasteiger partial charge in [0, 0.05) is 27.8 Å². The molecule has 1 aromatic heterocycles. The fourth-order valence-electron chi connectivity index (χ4n) is 1.86. The number of fused-ring (bicyclic) bond motifs is 1. The Morgan fingerprint density at radius 2 is 2.42 bits per heavy atom. The normalized spacial score (nSPS) is 18.9. The summed E-state index contributed by atoms with van der Waals surface area (Å²) in [4.78, 5) is 5.16. The molecule has 0 saturated carbocycles. The van der Waals surface area contributed by atoms with E-state index in [-0.39, 0.29) is 5.82 Å². The monoisotopic (exact) mass is 359 g/mol. The van der Waals surface area contributed by atoms with E-state index in [1.165, 1.54) is 17.6 Å². The largest absolute Gasteiger partial charge is 0.294 e. The van der Waals surface area contributed by atoms with Crippen LogP contribution in [0.3, 0.4) is 0 Å². The van der Waals surface area contributed by atoms with Crippen molar-refractivity contribution in [1.29, 1.82) is 0 Å².